The van der Waals surface area contributed by atoms with Gasteiger partial charge in [-0.3, -0.25) is 14.6 Å². The fourth-order valence-corrected chi connectivity index (χ4v) is 3.71. The SMILES string of the molecule is CCC(C(=O)N(C)Cc1nc(-c2ccncc2)no1)n1cc(C(C)=O)c2ccccc21. The summed E-state index contributed by atoms with van der Waals surface area (Å²) in [6.07, 6.45) is 5.67. The van der Waals surface area contributed by atoms with Crippen LogP contribution in [0.3, 0.4) is 0 Å². The first-order chi connectivity index (χ1) is 15.0. The van der Waals surface area contributed by atoms with E-state index in [0.29, 0.717) is 23.7 Å². The van der Waals surface area contributed by atoms with Crippen molar-refractivity contribution in [3.8, 4) is 11.4 Å². The van der Waals surface area contributed by atoms with Crippen molar-refractivity contribution in [1.82, 2.24) is 24.6 Å². The fraction of sp³-hybridized carbons (Fsp3) is 0.261. The minimum Gasteiger partial charge on any atom is -0.337 e. The molecule has 0 fully saturated rings. The van der Waals surface area contributed by atoms with Crippen LogP contribution in [0.15, 0.2) is 59.5 Å². The van der Waals surface area contributed by atoms with E-state index in [-0.39, 0.29) is 18.2 Å². The highest BCUT2D eigenvalue weighted by atomic mass is 16.5. The number of para-hydroxylation sites is 1. The number of pyridine rings is 1. The number of carbonyl (C=O) groups is 2. The average Bonchev–Trinajstić information content (AvgIpc) is 3.40. The molecule has 1 atom stereocenters. The van der Waals surface area contributed by atoms with Gasteiger partial charge in [-0.15, -0.1) is 0 Å². The average molecular weight is 417 g/mol. The lowest BCUT2D eigenvalue weighted by Crippen LogP contribution is -2.33. The molecule has 4 aromatic rings. The van der Waals surface area contributed by atoms with E-state index >= 15 is 0 Å². The van der Waals surface area contributed by atoms with E-state index in [0.717, 1.165) is 16.5 Å². The van der Waals surface area contributed by atoms with Crippen LogP contribution in [0.2, 0.25) is 0 Å². The first-order valence-corrected chi connectivity index (χ1v) is 10.1. The predicted molar refractivity (Wildman–Crippen MR) is 115 cm³/mol. The van der Waals surface area contributed by atoms with Gasteiger partial charge in [0.1, 0.15) is 6.04 Å². The van der Waals surface area contributed by atoms with E-state index in [1.54, 1.807) is 42.7 Å². The number of fused-ring (bicyclic) bond motifs is 1. The van der Waals surface area contributed by atoms with Crippen LogP contribution in [-0.4, -0.2) is 43.3 Å². The quantitative estimate of drug-likeness (QED) is 0.423. The first-order valence-electron chi connectivity index (χ1n) is 10.1. The third-order valence-electron chi connectivity index (χ3n) is 5.28. The third-order valence-corrected chi connectivity index (χ3v) is 5.28. The normalized spacial score (nSPS) is 12.1. The van der Waals surface area contributed by atoms with E-state index in [1.807, 2.05) is 35.8 Å². The van der Waals surface area contributed by atoms with Gasteiger partial charge in [0.15, 0.2) is 5.78 Å². The van der Waals surface area contributed by atoms with Crippen molar-refractivity contribution in [2.45, 2.75) is 32.9 Å². The Bertz CT molecular complexity index is 1230. The molecule has 0 spiro atoms. The Kier molecular flexibility index (Phi) is 5.62. The number of nitrogens with zero attached hydrogens (tertiary/aromatic N) is 5. The van der Waals surface area contributed by atoms with Crippen LogP contribution in [0.5, 0.6) is 0 Å². The second-order valence-electron chi connectivity index (χ2n) is 7.39. The molecule has 0 bridgehead atoms. The Morgan fingerprint density at radius 2 is 1.90 bits per heavy atom. The van der Waals surface area contributed by atoms with Gasteiger partial charge in [-0.05, 0) is 31.5 Å². The van der Waals surface area contributed by atoms with Gasteiger partial charge in [-0.2, -0.15) is 4.98 Å². The van der Waals surface area contributed by atoms with Crippen LogP contribution in [0.25, 0.3) is 22.3 Å². The van der Waals surface area contributed by atoms with Crippen LogP contribution in [-0.2, 0) is 11.3 Å². The highest BCUT2D eigenvalue weighted by molar-refractivity contribution is 6.07. The monoisotopic (exact) mass is 417 g/mol. The Morgan fingerprint density at radius 1 is 1.16 bits per heavy atom. The molecular weight excluding hydrogens is 394 g/mol. The van der Waals surface area contributed by atoms with Gasteiger partial charge in [-0.25, -0.2) is 0 Å². The van der Waals surface area contributed by atoms with Crippen LogP contribution >= 0.6 is 0 Å². The molecule has 0 saturated carbocycles. The zero-order valence-electron chi connectivity index (χ0n) is 17.6. The number of aromatic nitrogens is 4. The van der Waals surface area contributed by atoms with Crippen molar-refractivity contribution in [3.63, 3.8) is 0 Å². The maximum Gasteiger partial charge on any atom is 0.246 e. The summed E-state index contributed by atoms with van der Waals surface area (Å²) in [5.74, 6) is 0.675. The summed E-state index contributed by atoms with van der Waals surface area (Å²) in [5, 5.41) is 4.84. The number of Topliss-reactive ketones (excluding diaryl/α,β-unsaturated/α-hetero) is 1. The molecule has 8 heteroatoms. The summed E-state index contributed by atoms with van der Waals surface area (Å²) in [7, 11) is 1.71. The number of amides is 1. The van der Waals surface area contributed by atoms with Crippen molar-refractivity contribution < 1.29 is 14.1 Å². The van der Waals surface area contributed by atoms with Gasteiger partial charge in [-0.1, -0.05) is 30.3 Å². The van der Waals surface area contributed by atoms with Gasteiger partial charge in [0, 0.05) is 47.7 Å². The first kappa shape index (κ1) is 20.5. The molecule has 31 heavy (non-hydrogen) atoms. The van der Waals surface area contributed by atoms with Crippen molar-refractivity contribution in [1.29, 1.82) is 0 Å². The summed E-state index contributed by atoms with van der Waals surface area (Å²) in [5.41, 5.74) is 2.27. The number of hydrogen-bond donors (Lipinski definition) is 0. The van der Waals surface area contributed by atoms with Gasteiger partial charge in [0.2, 0.25) is 17.6 Å². The molecule has 0 saturated heterocycles. The lowest BCUT2D eigenvalue weighted by Gasteiger charge is -2.23. The largest absolute Gasteiger partial charge is 0.337 e. The van der Waals surface area contributed by atoms with E-state index in [9.17, 15) is 9.59 Å². The van der Waals surface area contributed by atoms with Crippen molar-refractivity contribution in [2.24, 2.45) is 0 Å². The Morgan fingerprint density at radius 3 is 2.61 bits per heavy atom. The minimum atomic E-state index is -0.453. The highest BCUT2D eigenvalue weighted by Gasteiger charge is 2.26. The smallest absolute Gasteiger partial charge is 0.246 e. The number of benzene rings is 1. The maximum atomic E-state index is 13.3. The molecule has 3 heterocycles. The number of likely N-dealkylation sites (N-methyl/N-ethyl adjacent to an activating group) is 1. The van der Waals surface area contributed by atoms with Gasteiger partial charge >= 0.3 is 0 Å². The van der Waals surface area contributed by atoms with Crippen molar-refractivity contribution in [2.75, 3.05) is 7.05 Å². The second-order valence-corrected chi connectivity index (χ2v) is 7.39. The topological polar surface area (TPSA) is 94.1 Å². The number of rotatable bonds is 7. The van der Waals surface area contributed by atoms with Crippen LogP contribution < -0.4 is 0 Å². The molecule has 158 valence electrons. The molecule has 3 aromatic heterocycles. The van der Waals surface area contributed by atoms with Crippen molar-refractivity contribution in [3.05, 3.63) is 66.4 Å². The summed E-state index contributed by atoms with van der Waals surface area (Å²) in [4.78, 5) is 35.3. The lowest BCUT2D eigenvalue weighted by atomic mass is 10.1. The molecule has 0 N–H and O–H groups in total. The molecule has 8 nitrogen and oxygen atoms in total. The molecule has 0 aliphatic heterocycles. The molecule has 1 unspecified atom stereocenters. The molecule has 0 aliphatic carbocycles. The van der Waals surface area contributed by atoms with E-state index in [2.05, 4.69) is 15.1 Å². The molecule has 1 amide bonds. The van der Waals surface area contributed by atoms with Crippen LogP contribution in [0.1, 0.15) is 42.6 Å². The van der Waals surface area contributed by atoms with Crippen LogP contribution in [0.4, 0.5) is 0 Å². The zero-order valence-corrected chi connectivity index (χ0v) is 17.6. The summed E-state index contributed by atoms with van der Waals surface area (Å²) in [6.45, 7) is 3.68. The van der Waals surface area contributed by atoms with Gasteiger partial charge < -0.3 is 14.0 Å². The van der Waals surface area contributed by atoms with E-state index in [4.69, 9.17) is 4.52 Å². The summed E-state index contributed by atoms with van der Waals surface area (Å²) >= 11 is 0. The molecule has 4 rings (SSSR count). The standard InChI is InChI=1S/C23H23N5O3/c1-4-19(28-13-18(15(2)29)17-7-5-6-8-20(17)28)23(30)27(3)14-21-25-22(26-31-21)16-9-11-24-12-10-16/h5-13,19H,4,14H2,1-3H3. The Labute approximate surface area is 179 Å². The number of carbonyl (C=O) groups excluding carboxylic acids is 2. The Balaban J connectivity index is 1.58. The molecule has 0 radical (unpaired) electrons. The maximum absolute atomic E-state index is 13.3. The number of ketones is 1. The van der Waals surface area contributed by atoms with Crippen LogP contribution in [0, 0.1) is 0 Å². The van der Waals surface area contributed by atoms with Gasteiger partial charge in [0.25, 0.3) is 0 Å². The molecule has 1 aromatic carbocycles. The second kappa shape index (κ2) is 8.51. The molecular formula is C23H23N5O3. The summed E-state index contributed by atoms with van der Waals surface area (Å²) < 4.78 is 7.23. The van der Waals surface area contributed by atoms with Crippen molar-refractivity contribution >= 4 is 22.6 Å². The predicted octanol–water partition coefficient (Wildman–Crippen LogP) is 3.90. The lowest BCUT2D eigenvalue weighted by molar-refractivity contribution is -0.134. The van der Waals surface area contributed by atoms with E-state index in [1.165, 1.54) is 6.92 Å². The highest BCUT2D eigenvalue weighted by Crippen LogP contribution is 2.28. The van der Waals surface area contributed by atoms with Gasteiger partial charge in [0.05, 0.1) is 6.54 Å². The third kappa shape index (κ3) is 3.96. The Hall–Kier alpha value is -3.81. The zero-order chi connectivity index (χ0) is 22.0. The van der Waals surface area contributed by atoms with E-state index < -0.39 is 6.04 Å². The fourth-order valence-electron chi connectivity index (χ4n) is 3.71. The molecule has 0 aliphatic rings. The minimum absolute atomic E-state index is 0.0277. The summed E-state index contributed by atoms with van der Waals surface area (Å²) in [6, 6.07) is 10.8. The number of hydrogen-bond acceptors (Lipinski definition) is 6.